The molecule has 0 heterocycles. The molecule has 0 bridgehead atoms. The van der Waals surface area contributed by atoms with Crippen LogP contribution < -0.4 is 5.32 Å². The molecular formula is C12H24N2O. The average molecular weight is 212 g/mol. The summed E-state index contributed by atoms with van der Waals surface area (Å²) in [6.07, 6.45) is 5.60. The molecule has 0 spiro atoms. The topological polar surface area (TPSA) is 32.3 Å². The van der Waals surface area contributed by atoms with E-state index in [1.165, 1.54) is 19.3 Å². The zero-order valence-corrected chi connectivity index (χ0v) is 10.3. The van der Waals surface area contributed by atoms with Gasteiger partial charge in [-0.1, -0.05) is 6.92 Å². The molecule has 0 radical (unpaired) electrons. The van der Waals surface area contributed by atoms with Crippen LogP contribution in [0.2, 0.25) is 0 Å². The van der Waals surface area contributed by atoms with Gasteiger partial charge >= 0.3 is 0 Å². The third-order valence-electron chi connectivity index (χ3n) is 3.19. The van der Waals surface area contributed by atoms with Crippen molar-refractivity contribution < 1.29 is 4.79 Å². The van der Waals surface area contributed by atoms with Crippen LogP contribution in [0, 0.1) is 5.92 Å². The Morgan fingerprint density at radius 2 is 2.13 bits per heavy atom. The SMILES string of the molecule is CC1CCC(NCCCC(=O)N(C)C)C1. The Labute approximate surface area is 93.2 Å². The van der Waals surface area contributed by atoms with Crippen molar-refractivity contribution in [1.29, 1.82) is 0 Å². The summed E-state index contributed by atoms with van der Waals surface area (Å²) < 4.78 is 0. The van der Waals surface area contributed by atoms with Crippen LogP contribution in [-0.4, -0.2) is 37.5 Å². The van der Waals surface area contributed by atoms with Crippen molar-refractivity contribution in [3.05, 3.63) is 0 Å². The van der Waals surface area contributed by atoms with Crippen LogP contribution in [-0.2, 0) is 4.79 Å². The summed E-state index contributed by atoms with van der Waals surface area (Å²) in [4.78, 5) is 13.0. The molecule has 0 saturated heterocycles. The third kappa shape index (κ3) is 4.65. The van der Waals surface area contributed by atoms with Gasteiger partial charge in [-0.15, -0.1) is 0 Å². The predicted octanol–water partition coefficient (Wildman–Crippen LogP) is 1.63. The Bertz CT molecular complexity index is 204. The smallest absolute Gasteiger partial charge is 0.222 e. The second-order valence-electron chi connectivity index (χ2n) is 4.96. The highest BCUT2D eigenvalue weighted by Gasteiger charge is 2.20. The minimum Gasteiger partial charge on any atom is -0.349 e. The lowest BCUT2D eigenvalue weighted by Crippen LogP contribution is -2.29. The van der Waals surface area contributed by atoms with Gasteiger partial charge in [-0.2, -0.15) is 0 Å². The van der Waals surface area contributed by atoms with Crippen molar-refractivity contribution in [3.8, 4) is 0 Å². The highest BCUT2D eigenvalue weighted by molar-refractivity contribution is 5.75. The summed E-state index contributed by atoms with van der Waals surface area (Å²) in [6.45, 7) is 3.30. The Hall–Kier alpha value is -0.570. The van der Waals surface area contributed by atoms with E-state index in [9.17, 15) is 4.79 Å². The Morgan fingerprint density at radius 3 is 2.67 bits per heavy atom. The van der Waals surface area contributed by atoms with E-state index in [0.717, 1.165) is 18.9 Å². The summed E-state index contributed by atoms with van der Waals surface area (Å²) in [5.74, 6) is 1.11. The van der Waals surface area contributed by atoms with Gasteiger partial charge in [0.15, 0.2) is 0 Å². The maximum Gasteiger partial charge on any atom is 0.222 e. The van der Waals surface area contributed by atoms with Gasteiger partial charge in [0.25, 0.3) is 0 Å². The van der Waals surface area contributed by atoms with Gasteiger partial charge in [0.1, 0.15) is 0 Å². The standard InChI is InChI=1S/C12H24N2O/c1-10-6-7-11(9-10)13-8-4-5-12(15)14(2)3/h10-11,13H,4-9H2,1-3H3. The molecule has 1 fully saturated rings. The summed E-state index contributed by atoms with van der Waals surface area (Å²) >= 11 is 0. The first-order valence-corrected chi connectivity index (χ1v) is 6.03. The van der Waals surface area contributed by atoms with Gasteiger partial charge in [0, 0.05) is 26.6 Å². The Balaban J connectivity index is 2.00. The van der Waals surface area contributed by atoms with Crippen LogP contribution in [0.3, 0.4) is 0 Å². The van der Waals surface area contributed by atoms with Crippen LogP contribution in [0.1, 0.15) is 39.0 Å². The molecule has 0 aromatic rings. The molecule has 15 heavy (non-hydrogen) atoms. The average Bonchev–Trinajstić information content (AvgIpc) is 2.58. The molecule has 1 aliphatic carbocycles. The minimum absolute atomic E-state index is 0.233. The van der Waals surface area contributed by atoms with Gasteiger partial charge in [-0.3, -0.25) is 4.79 Å². The first kappa shape index (κ1) is 12.5. The van der Waals surface area contributed by atoms with E-state index < -0.39 is 0 Å². The highest BCUT2D eigenvalue weighted by atomic mass is 16.2. The van der Waals surface area contributed by atoms with Crippen molar-refractivity contribution >= 4 is 5.91 Å². The quantitative estimate of drug-likeness (QED) is 0.703. The van der Waals surface area contributed by atoms with Gasteiger partial charge in [-0.05, 0) is 38.1 Å². The number of carbonyl (C=O) groups is 1. The number of rotatable bonds is 5. The van der Waals surface area contributed by atoms with E-state index in [4.69, 9.17) is 0 Å². The fraction of sp³-hybridized carbons (Fsp3) is 0.917. The maximum atomic E-state index is 11.3. The Kier molecular flexibility index (Phi) is 5.09. The van der Waals surface area contributed by atoms with Crippen LogP contribution in [0.4, 0.5) is 0 Å². The zero-order chi connectivity index (χ0) is 11.3. The van der Waals surface area contributed by atoms with Gasteiger partial charge in [-0.25, -0.2) is 0 Å². The molecule has 0 aromatic carbocycles. The largest absolute Gasteiger partial charge is 0.349 e. The lowest BCUT2D eigenvalue weighted by molar-refractivity contribution is -0.128. The molecule has 1 aliphatic rings. The van der Waals surface area contributed by atoms with E-state index >= 15 is 0 Å². The number of carbonyl (C=O) groups excluding carboxylic acids is 1. The molecule has 2 unspecified atom stereocenters. The number of nitrogens with zero attached hydrogens (tertiary/aromatic N) is 1. The van der Waals surface area contributed by atoms with Crippen molar-refractivity contribution in [2.75, 3.05) is 20.6 Å². The fourth-order valence-electron chi connectivity index (χ4n) is 2.16. The summed E-state index contributed by atoms with van der Waals surface area (Å²) in [5.41, 5.74) is 0. The van der Waals surface area contributed by atoms with Crippen LogP contribution in [0.25, 0.3) is 0 Å². The predicted molar refractivity (Wildman–Crippen MR) is 62.7 cm³/mol. The molecule has 3 heteroatoms. The van der Waals surface area contributed by atoms with Gasteiger partial charge < -0.3 is 10.2 Å². The van der Waals surface area contributed by atoms with Crippen molar-refractivity contribution in [3.63, 3.8) is 0 Å². The number of hydrogen-bond acceptors (Lipinski definition) is 2. The first-order chi connectivity index (χ1) is 7.09. The fourth-order valence-corrected chi connectivity index (χ4v) is 2.16. The molecule has 1 saturated carbocycles. The van der Waals surface area contributed by atoms with Crippen LogP contribution in [0.15, 0.2) is 0 Å². The summed E-state index contributed by atoms with van der Waals surface area (Å²) in [5, 5.41) is 3.54. The lowest BCUT2D eigenvalue weighted by Gasteiger charge is -2.13. The van der Waals surface area contributed by atoms with Gasteiger partial charge in [0.05, 0.1) is 0 Å². The molecule has 3 nitrogen and oxygen atoms in total. The normalized spacial score (nSPS) is 25.5. The molecule has 1 amide bonds. The molecule has 1 rings (SSSR count). The number of amides is 1. The third-order valence-corrected chi connectivity index (χ3v) is 3.19. The molecule has 88 valence electrons. The number of hydrogen-bond donors (Lipinski definition) is 1. The maximum absolute atomic E-state index is 11.3. The van der Waals surface area contributed by atoms with Crippen molar-refractivity contribution in [1.82, 2.24) is 10.2 Å². The monoisotopic (exact) mass is 212 g/mol. The minimum atomic E-state index is 0.233. The van der Waals surface area contributed by atoms with E-state index in [1.54, 1.807) is 4.90 Å². The van der Waals surface area contributed by atoms with E-state index in [2.05, 4.69) is 12.2 Å². The molecular weight excluding hydrogens is 188 g/mol. The van der Waals surface area contributed by atoms with E-state index in [1.807, 2.05) is 14.1 Å². The zero-order valence-electron chi connectivity index (χ0n) is 10.3. The molecule has 0 aliphatic heterocycles. The molecule has 0 aromatic heterocycles. The lowest BCUT2D eigenvalue weighted by atomic mass is 10.1. The van der Waals surface area contributed by atoms with Crippen LogP contribution >= 0.6 is 0 Å². The van der Waals surface area contributed by atoms with Crippen molar-refractivity contribution in [2.45, 2.75) is 45.1 Å². The van der Waals surface area contributed by atoms with E-state index in [0.29, 0.717) is 12.5 Å². The van der Waals surface area contributed by atoms with E-state index in [-0.39, 0.29) is 5.91 Å². The second kappa shape index (κ2) is 6.11. The molecule has 2 atom stereocenters. The Morgan fingerprint density at radius 1 is 1.40 bits per heavy atom. The second-order valence-corrected chi connectivity index (χ2v) is 4.96. The van der Waals surface area contributed by atoms with Crippen LogP contribution in [0.5, 0.6) is 0 Å². The highest BCUT2D eigenvalue weighted by Crippen LogP contribution is 2.24. The number of nitrogens with one attached hydrogen (secondary N) is 1. The molecule has 1 N–H and O–H groups in total. The van der Waals surface area contributed by atoms with Crippen molar-refractivity contribution in [2.24, 2.45) is 5.92 Å². The summed E-state index contributed by atoms with van der Waals surface area (Å²) in [7, 11) is 3.63. The van der Waals surface area contributed by atoms with Gasteiger partial charge in [0.2, 0.25) is 5.91 Å². The summed E-state index contributed by atoms with van der Waals surface area (Å²) in [6, 6.07) is 0.703. The first-order valence-electron chi connectivity index (χ1n) is 6.03.